The summed E-state index contributed by atoms with van der Waals surface area (Å²) in [6, 6.07) is 3.54. The van der Waals surface area contributed by atoms with Crippen molar-refractivity contribution >= 4 is 39.9 Å². The van der Waals surface area contributed by atoms with Crippen molar-refractivity contribution in [1.29, 1.82) is 0 Å². The first kappa shape index (κ1) is 13.6. The molecular weight excluding hydrogens is 298 g/mol. The number of halogens is 3. The van der Waals surface area contributed by atoms with Gasteiger partial charge in [0.1, 0.15) is 15.8 Å². The number of nitrogens with one attached hydrogen (secondary N) is 2. The van der Waals surface area contributed by atoms with Crippen LogP contribution in [0.25, 0.3) is 0 Å². The van der Waals surface area contributed by atoms with E-state index in [0.717, 1.165) is 17.6 Å². The third-order valence-electron chi connectivity index (χ3n) is 1.97. The van der Waals surface area contributed by atoms with Gasteiger partial charge in [0.25, 0.3) is 6.43 Å². The van der Waals surface area contributed by atoms with Gasteiger partial charge in [0, 0.05) is 18.0 Å². The van der Waals surface area contributed by atoms with E-state index in [2.05, 4.69) is 20.0 Å². The number of hydrogen-bond donors (Lipinski definition) is 2. The van der Waals surface area contributed by atoms with Crippen LogP contribution in [0.15, 0.2) is 24.4 Å². The molecule has 2 aromatic rings. The SMILES string of the molecule is O=C(Nc1ccnc(Cl)c1)Nc1cc(C(F)F)ns1. The van der Waals surface area contributed by atoms with Gasteiger partial charge in [-0.1, -0.05) is 11.6 Å². The van der Waals surface area contributed by atoms with E-state index in [1.54, 1.807) is 6.07 Å². The molecule has 2 amide bonds. The number of amides is 2. The summed E-state index contributed by atoms with van der Waals surface area (Å²) in [5.41, 5.74) is 0.0725. The number of rotatable bonds is 3. The number of carbonyl (C=O) groups is 1. The van der Waals surface area contributed by atoms with E-state index in [4.69, 9.17) is 11.6 Å². The molecule has 0 aliphatic rings. The Bertz CT molecular complexity index is 592. The van der Waals surface area contributed by atoms with E-state index in [0.29, 0.717) is 5.69 Å². The smallest absolute Gasteiger partial charge is 0.308 e. The van der Waals surface area contributed by atoms with Crippen molar-refractivity contribution in [2.75, 3.05) is 10.6 Å². The quantitative estimate of drug-likeness (QED) is 0.848. The molecule has 0 unspecified atom stereocenters. The summed E-state index contributed by atoms with van der Waals surface area (Å²) in [5, 5.41) is 5.34. The van der Waals surface area contributed by atoms with Gasteiger partial charge in [-0.25, -0.2) is 18.6 Å². The van der Waals surface area contributed by atoms with Gasteiger partial charge < -0.3 is 5.32 Å². The van der Waals surface area contributed by atoms with Crippen LogP contribution in [-0.4, -0.2) is 15.4 Å². The monoisotopic (exact) mass is 304 g/mol. The second-order valence-electron chi connectivity index (χ2n) is 3.36. The van der Waals surface area contributed by atoms with Crippen LogP contribution in [-0.2, 0) is 0 Å². The molecule has 0 bridgehead atoms. The topological polar surface area (TPSA) is 66.9 Å². The summed E-state index contributed by atoms with van der Waals surface area (Å²) < 4.78 is 28.1. The highest BCUT2D eigenvalue weighted by Crippen LogP contribution is 2.24. The van der Waals surface area contributed by atoms with Crippen molar-refractivity contribution in [2.45, 2.75) is 6.43 Å². The highest BCUT2D eigenvalue weighted by molar-refractivity contribution is 7.10. The molecule has 2 rings (SSSR count). The fraction of sp³-hybridized carbons (Fsp3) is 0.100. The zero-order valence-electron chi connectivity index (χ0n) is 9.23. The Morgan fingerprint density at radius 3 is 2.79 bits per heavy atom. The Morgan fingerprint density at radius 2 is 2.16 bits per heavy atom. The molecule has 0 spiro atoms. The highest BCUT2D eigenvalue weighted by atomic mass is 35.5. The molecule has 2 aromatic heterocycles. The molecule has 5 nitrogen and oxygen atoms in total. The molecule has 0 aromatic carbocycles. The molecule has 9 heteroatoms. The number of anilines is 2. The molecule has 19 heavy (non-hydrogen) atoms. The second-order valence-corrected chi connectivity index (χ2v) is 4.56. The summed E-state index contributed by atoms with van der Waals surface area (Å²) >= 11 is 6.43. The fourth-order valence-electron chi connectivity index (χ4n) is 1.21. The predicted octanol–water partition coefficient (Wildman–Crippen LogP) is 3.77. The van der Waals surface area contributed by atoms with Gasteiger partial charge in [0.15, 0.2) is 0 Å². The van der Waals surface area contributed by atoms with Crippen LogP contribution in [0.5, 0.6) is 0 Å². The summed E-state index contributed by atoms with van der Waals surface area (Å²) in [7, 11) is 0. The molecule has 2 heterocycles. The summed E-state index contributed by atoms with van der Waals surface area (Å²) in [6.07, 6.45) is -1.23. The number of alkyl halides is 2. The van der Waals surface area contributed by atoms with E-state index in [9.17, 15) is 13.6 Å². The number of nitrogens with zero attached hydrogens (tertiary/aromatic N) is 2. The average molecular weight is 305 g/mol. The minimum absolute atomic E-state index is 0.230. The third kappa shape index (κ3) is 3.83. The highest BCUT2D eigenvalue weighted by Gasteiger charge is 2.13. The van der Waals surface area contributed by atoms with Crippen LogP contribution in [0.3, 0.4) is 0 Å². The molecule has 100 valence electrons. The van der Waals surface area contributed by atoms with Gasteiger partial charge in [0.05, 0.1) is 0 Å². The number of pyridine rings is 1. The molecule has 0 radical (unpaired) electrons. The summed E-state index contributed by atoms with van der Waals surface area (Å²) in [4.78, 5) is 15.3. The van der Waals surface area contributed by atoms with Gasteiger partial charge in [-0.2, -0.15) is 4.37 Å². The first-order chi connectivity index (χ1) is 9.04. The van der Waals surface area contributed by atoms with E-state index in [1.807, 2.05) is 0 Å². The van der Waals surface area contributed by atoms with Crippen LogP contribution >= 0.6 is 23.1 Å². The van der Waals surface area contributed by atoms with E-state index in [-0.39, 0.29) is 15.8 Å². The third-order valence-corrected chi connectivity index (χ3v) is 2.90. The molecule has 0 aliphatic carbocycles. The first-order valence-corrected chi connectivity index (χ1v) is 6.14. The first-order valence-electron chi connectivity index (χ1n) is 4.99. The Hall–Kier alpha value is -1.80. The summed E-state index contributed by atoms with van der Waals surface area (Å²) in [5.74, 6) is 0. The lowest BCUT2D eigenvalue weighted by Gasteiger charge is -2.05. The van der Waals surface area contributed by atoms with Gasteiger partial charge in [0.2, 0.25) is 0 Å². The zero-order valence-corrected chi connectivity index (χ0v) is 10.8. The van der Waals surface area contributed by atoms with Crippen molar-refractivity contribution in [2.24, 2.45) is 0 Å². The molecule has 0 saturated carbocycles. The molecule has 2 N–H and O–H groups in total. The van der Waals surface area contributed by atoms with Crippen LogP contribution < -0.4 is 10.6 Å². The van der Waals surface area contributed by atoms with E-state index in [1.165, 1.54) is 12.3 Å². The predicted molar refractivity (Wildman–Crippen MR) is 69.0 cm³/mol. The number of hydrogen-bond acceptors (Lipinski definition) is 4. The normalized spacial score (nSPS) is 10.5. The van der Waals surface area contributed by atoms with Gasteiger partial charge >= 0.3 is 6.03 Å². The number of carbonyl (C=O) groups excluding carboxylic acids is 1. The van der Waals surface area contributed by atoms with Crippen LogP contribution in [0.4, 0.5) is 24.3 Å². The van der Waals surface area contributed by atoms with Gasteiger partial charge in [-0.05, 0) is 23.7 Å². The lowest BCUT2D eigenvalue weighted by molar-refractivity contribution is 0.147. The largest absolute Gasteiger partial charge is 0.324 e. The zero-order chi connectivity index (χ0) is 13.8. The minimum Gasteiger partial charge on any atom is -0.308 e. The molecule has 0 saturated heterocycles. The summed E-state index contributed by atoms with van der Waals surface area (Å²) in [6.45, 7) is 0. The van der Waals surface area contributed by atoms with Crippen molar-refractivity contribution in [3.05, 3.63) is 35.2 Å². The molecule has 0 atom stereocenters. The molecule has 0 fully saturated rings. The number of aromatic nitrogens is 2. The maximum Gasteiger partial charge on any atom is 0.324 e. The van der Waals surface area contributed by atoms with Crippen LogP contribution in [0, 0.1) is 0 Å². The Morgan fingerprint density at radius 1 is 1.37 bits per heavy atom. The van der Waals surface area contributed by atoms with E-state index >= 15 is 0 Å². The maximum atomic E-state index is 12.3. The standard InChI is InChI=1S/C10H7ClF2N4OS/c11-7-3-5(1-2-14-7)15-10(18)16-8-4-6(9(12)13)17-19-8/h1-4,9H,(H2,14,15,16,18). The van der Waals surface area contributed by atoms with Crippen molar-refractivity contribution in [3.63, 3.8) is 0 Å². The Labute approximate surface area is 115 Å². The van der Waals surface area contributed by atoms with Gasteiger partial charge in [-0.15, -0.1) is 0 Å². The minimum atomic E-state index is -2.66. The average Bonchev–Trinajstić information content (AvgIpc) is 2.77. The Kier molecular flexibility index (Phi) is 4.23. The number of urea groups is 1. The van der Waals surface area contributed by atoms with Crippen LogP contribution in [0.2, 0.25) is 5.15 Å². The fourth-order valence-corrected chi connectivity index (χ4v) is 2.03. The molecular formula is C10H7ClF2N4OS. The van der Waals surface area contributed by atoms with Gasteiger partial charge in [-0.3, -0.25) is 5.32 Å². The van der Waals surface area contributed by atoms with Crippen molar-refractivity contribution in [1.82, 2.24) is 9.36 Å². The van der Waals surface area contributed by atoms with Crippen LogP contribution in [0.1, 0.15) is 12.1 Å². The van der Waals surface area contributed by atoms with E-state index < -0.39 is 12.5 Å². The lowest BCUT2D eigenvalue weighted by Crippen LogP contribution is -2.18. The van der Waals surface area contributed by atoms with Crippen molar-refractivity contribution in [3.8, 4) is 0 Å². The lowest BCUT2D eigenvalue weighted by atomic mass is 10.4. The Balaban J connectivity index is 1.97. The van der Waals surface area contributed by atoms with Crippen molar-refractivity contribution < 1.29 is 13.6 Å². The second kappa shape index (κ2) is 5.89. The molecule has 0 aliphatic heterocycles. The maximum absolute atomic E-state index is 12.3.